The van der Waals surface area contributed by atoms with Crippen LogP contribution in [0.5, 0.6) is 0 Å². The van der Waals surface area contributed by atoms with E-state index in [0.29, 0.717) is 0 Å². The Bertz CT molecular complexity index is 19.5. The SMILES string of the molecule is CCCC[NH][Mo]. The van der Waals surface area contributed by atoms with E-state index in [1.165, 1.54) is 19.4 Å². The monoisotopic (exact) mass is 170 g/mol. The van der Waals surface area contributed by atoms with E-state index in [1.54, 1.807) is 0 Å². The van der Waals surface area contributed by atoms with Gasteiger partial charge in [-0.3, -0.25) is 0 Å². The Kier molecular flexibility index (Phi) is 6.26. The molecule has 0 spiro atoms. The molecule has 0 fully saturated rings. The summed E-state index contributed by atoms with van der Waals surface area (Å²) in [4.78, 5) is 0. The third kappa shape index (κ3) is 4.65. The zero-order chi connectivity index (χ0) is 4.83. The van der Waals surface area contributed by atoms with Gasteiger partial charge < -0.3 is 0 Å². The zero-order valence-electron chi connectivity index (χ0n) is 4.03. The van der Waals surface area contributed by atoms with Crippen LogP contribution in [0.2, 0.25) is 0 Å². The molecule has 0 heterocycles. The Balaban J connectivity index is 2.34. The predicted molar refractivity (Wildman–Crippen MR) is 22.9 cm³/mol. The van der Waals surface area contributed by atoms with Crippen molar-refractivity contribution in [1.29, 1.82) is 0 Å². The van der Waals surface area contributed by atoms with Crippen molar-refractivity contribution in [3.8, 4) is 0 Å². The summed E-state index contributed by atoms with van der Waals surface area (Å²) in [5.74, 6) is 0. The maximum absolute atomic E-state index is 3.08. The van der Waals surface area contributed by atoms with E-state index in [9.17, 15) is 0 Å². The second-order valence-corrected chi connectivity index (χ2v) is 1.96. The first-order valence-corrected chi connectivity index (χ1v) is 3.27. The number of hydrogen-bond donors (Lipinski definition) is 1. The van der Waals surface area contributed by atoms with Crippen molar-refractivity contribution >= 4 is 0 Å². The van der Waals surface area contributed by atoms with Gasteiger partial charge in [0, 0.05) is 0 Å². The number of unbranched alkanes of at least 4 members (excludes halogenated alkanes) is 1. The van der Waals surface area contributed by atoms with E-state index in [1.807, 2.05) is 20.1 Å². The molecular weight excluding hydrogens is 158 g/mol. The summed E-state index contributed by atoms with van der Waals surface area (Å²) in [7, 11) is 0. The fourth-order valence-corrected chi connectivity index (χ4v) is 0.604. The summed E-state index contributed by atoms with van der Waals surface area (Å²) < 4.78 is 3.08. The Hall–Kier alpha value is 0.648. The van der Waals surface area contributed by atoms with Gasteiger partial charge in [-0.1, -0.05) is 0 Å². The van der Waals surface area contributed by atoms with Crippen molar-refractivity contribution < 1.29 is 20.1 Å². The molecule has 0 aliphatic heterocycles. The zero-order valence-corrected chi connectivity index (χ0v) is 6.04. The van der Waals surface area contributed by atoms with Crippen LogP contribution in [0.15, 0.2) is 0 Å². The first-order valence-electron chi connectivity index (χ1n) is 2.26. The van der Waals surface area contributed by atoms with Crippen molar-refractivity contribution in [1.82, 2.24) is 3.88 Å². The van der Waals surface area contributed by atoms with Gasteiger partial charge in [0.2, 0.25) is 0 Å². The molecule has 0 aromatic rings. The fourth-order valence-electron chi connectivity index (χ4n) is 0.249. The quantitative estimate of drug-likeness (QED) is 0.486. The normalized spacial score (nSPS) is 8.83. The molecule has 0 aromatic heterocycles. The summed E-state index contributed by atoms with van der Waals surface area (Å²) >= 11 is 1.92. The number of nitrogens with one attached hydrogen (secondary N) is 1. The van der Waals surface area contributed by atoms with Gasteiger partial charge in [0.1, 0.15) is 0 Å². The van der Waals surface area contributed by atoms with E-state index >= 15 is 0 Å². The van der Waals surface area contributed by atoms with Gasteiger partial charge in [-0.15, -0.1) is 0 Å². The van der Waals surface area contributed by atoms with Gasteiger partial charge >= 0.3 is 50.3 Å². The summed E-state index contributed by atoms with van der Waals surface area (Å²) in [6.45, 7) is 3.36. The first-order chi connectivity index (χ1) is 2.91. The van der Waals surface area contributed by atoms with Gasteiger partial charge in [0.25, 0.3) is 0 Å². The average Bonchev–Trinajstić information content (AvgIpc) is 1.61. The second kappa shape index (κ2) is 5.65. The van der Waals surface area contributed by atoms with E-state index in [2.05, 4.69) is 10.8 Å². The van der Waals surface area contributed by atoms with Crippen molar-refractivity contribution in [3.63, 3.8) is 0 Å². The molecule has 1 nitrogen and oxygen atoms in total. The van der Waals surface area contributed by atoms with E-state index < -0.39 is 0 Å². The Labute approximate surface area is 50.7 Å². The molecule has 0 radical (unpaired) electrons. The molecule has 0 aromatic carbocycles. The Morgan fingerprint density at radius 2 is 2.33 bits per heavy atom. The van der Waals surface area contributed by atoms with Crippen LogP contribution in [0.3, 0.4) is 0 Å². The molecule has 0 saturated heterocycles. The van der Waals surface area contributed by atoms with Crippen LogP contribution in [0.25, 0.3) is 0 Å². The molecule has 1 N–H and O–H groups in total. The van der Waals surface area contributed by atoms with Crippen molar-refractivity contribution in [2.75, 3.05) is 6.54 Å². The first kappa shape index (κ1) is 6.65. The third-order valence-corrected chi connectivity index (χ3v) is 1.13. The van der Waals surface area contributed by atoms with Gasteiger partial charge in [0.15, 0.2) is 0 Å². The second-order valence-electron chi connectivity index (χ2n) is 1.25. The van der Waals surface area contributed by atoms with Gasteiger partial charge in [-0.25, -0.2) is 0 Å². The Morgan fingerprint density at radius 1 is 1.67 bits per heavy atom. The average molecular weight is 168 g/mol. The van der Waals surface area contributed by atoms with Gasteiger partial charge in [0.05, 0.1) is 0 Å². The summed E-state index contributed by atoms with van der Waals surface area (Å²) in [6, 6.07) is 0. The van der Waals surface area contributed by atoms with Crippen LogP contribution >= 0.6 is 0 Å². The van der Waals surface area contributed by atoms with Gasteiger partial charge in [-0.05, 0) is 0 Å². The number of hydrogen-bond acceptors (Lipinski definition) is 1. The fraction of sp³-hybridized carbons (Fsp3) is 1.00. The van der Waals surface area contributed by atoms with Crippen LogP contribution in [-0.2, 0) is 20.1 Å². The molecule has 6 heavy (non-hydrogen) atoms. The Morgan fingerprint density at radius 3 is 2.50 bits per heavy atom. The molecule has 0 aliphatic carbocycles. The van der Waals surface area contributed by atoms with Crippen molar-refractivity contribution in [2.45, 2.75) is 19.8 Å². The molecule has 0 atom stereocenters. The summed E-state index contributed by atoms with van der Waals surface area (Å²) in [6.07, 6.45) is 2.60. The summed E-state index contributed by atoms with van der Waals surface area (Å²) in [5.41, 5.74) is 0. The molecule has 0 aliphatic rings. The third-order valence-electron chi connectivity index (χ3n) is 0.632. The van der Waals surface area contributed by atoms with Crippen LogP contribution < -0.4 is 3.88 Å². The minimum atomic E-state index is 1.17. The molecular formula is C4H10MoN. The molecule has 0 unspecified atom stereocenters. The molecule has 0 rings (SSSR count). The van der Waals surface area contributed by atoms with Crippen molar-refractivity contribution in [3.05, 3.63) is 0 Å². The van der Waals surface area contributed by atoms with Gasteiger partial charge in [-0.2, -0.15) is 0 Å². The molecule has 2 heteroatoms. The molecule has 0 saturated carbocycles. The standard InChI is InChI=1S/C4H10N.Mo/c1-2-3-4-5;/h5H,2-4H2,1H3;/q-1;+1. The minimum absolute atomic E-state index is 1.17. The molecule has 37 valence electrons. The van der Waals surface area contributed by atoms with E-state index in [4.69, 9.17) is 0 Å². The number of rotatable bonds is 3. The van der Waals surface area contributed by atoms with Crippen LogP contribution in [0, 0.1) is 0 Å². The van der Waals surface area contributed by atoms with Crippen LogP contribution in [-0.4, -0.2) is 6.54 Å². The topological polar surface area (TPSA) is 12.0 Å². The van der Waals surface area contributed by atoms with Crippen LogP contribution in [0.4, 0.5) is 0 Å². The van der Waals surface area contributed by atoms with E-state index in [-0.39, 0.29) is 0 Å². The van der Waals surface area contributed by atoms with E-state index in [0.717, 1.165) is 0 Å². The molecule has 0 amide bonds. The maximum atomic E-state index is 3.08. The molecule has 0 bridgehead atoms. The van der Waals surface area contributed by atoms with Crippen molar-refractivity contribution in [2.24, 2.45) is 0 Å². The summed E-state index contributed by atoms with van der Waals surface area (Å²) in [5, 5.41) is 0. The van der Waals surface area contributed by atoms with Crippen LogP contribution in [0.1, 0.15) is 19.8 Å². The predicted octanol–water partition coefficient (Wildman–Crippen LogP) is 0.838.